The van der Waals surface area contributed by atoms with Crippen molar-refractivity contribution in [2.45, 2.75) is 13.5 Å². The van der Waals surface area contributed by atoms with Gasteiger partial charge in [-0.15, -0.1) is 11.3 Å². The standard InChI is InChI=1S/C17H15N3O3S/c1-12-5-7-13(8-6-12)18-17-19-14(11-24-17)10-23-16(21)15-4-2-3-9-20(15)22/h2-9,11H,10H2,1H3,(H,18,19). The topological polar surface area (TPSA) is 78.2 Å². The van der Waals surface area contributed by atoms with Crippen molar-refractivity contribution in [2.75, 3.05) is 5.32 Å². The summed E-state index contributed by atoms with van der Waals surface area (Å²) in [5.41, 5.74) is 2.70. The number of ether oxygens (including phenoxy) is 1. The van der Waals surface area contributed by atoms with Crippen LogP contribution in [0.2, 0.25) is 0 Å². The third-order valence-corrected chi connectivity index (χ3v) is 4.05. The van der Waals surface area contributed by atoms with Crippen molar-refractivity contribution in [1.82, 2.24) is 4.98 Å². The molecule has 0 fully saturated rings. The highest BCUT2D eigenvalue weighted by Crippen LogP contribution is 2.21. The van der Waals surface area contributed by atoms with Gasteiger partial charge in [0.2, 0.25) is 0 Å². The minimum atomic E-state index is -0.674. The molecule has 3 rings (SSSR count). The number of nitrogens with one attached hydrogen (secondary N) is 1. The zero-order valence-corrected chi connectivity index (χ0v) is 13.7. The molecule has 0 saturated heterocycles. The molecule has 2 heterocycles. The van der Waals surface area contributed by atoms with Crippen LogP contribution in [0.5, 0.6) is 0 Å². The molecule has 2 aromatic heterocycles. The molecule has 0 bridgehead atoms. The second-order valence-electron chi connectivity index (χ2n) is 5.12. The molecule has 122 valence electrons. The van der Waals surface area contributed by atoms with Crippen LogP contribution in [0.4, 0.5) is 10.8 Å². The minimum absolute atomic E-state index is 0.0137. The number of thiazole rings is 1. The lowest BCUT2D eigenvalue weighted by molar-refractivity contribution is -0.608. The normalized spacial score (nSPS) is 10.4. The van der Waals surface area contributed by atoms with Crippen LogP contribution in [-0.2, 0) is 11.3 Å². The molecular weight excluding hydrogens is 326 g/mol. The Bertz CT molecular complexity index is 846. The molecule has 0 spiro atoms. The number of aromatic nitrogens is 2. The monoisotopic (exact) mass is 341 g/mol. The van der Waals surface area contributed by atoms with E-state index in [4.69, 9.17) is 4.74 Å². The highest BCUT2D eigenvalue weighted by molar-refractivity contribution is 7.13. The number of hydrogen-bond donors (Lipinski definition) is 1. The smallest absolute Gasteiger partial charge is 0.405 e. The van der Waals surface area contributed by atoms with Crippen molar-refractivity contribution in [1.29, 1.82) is 0 Å². The average molecular weight is 341 g/mol. The number of anilines is 2. The Morgan fingerprint density at radius 1 is 1.29 bits per heavy atom. The van der Waals surface area contributed by atoms with Gasteiger partial charge >= 0.3 is 11.7 Å². The van der Waals surface area contributed by atoms with E-state index >= 15 is 0 Å². The van der Waals surface area contributed by atoms with Gasteiger partial charge in [-0.25, -0.2) is 9.78 Å². The number of aryl methyl sites for hydroxylation is 1. The summed E-state index contributed by atoms with van der Waals surface area (Å²) in [6.45, 7) is 2.04. The quantitative estimate of drug-likeness (QED) is 0.438. The fourth-order valence-corrected chi connectivity index (χ4v) is 2.71. The van der Waals surface area contributed by atoms with Gasteiger partial charge in [-0.05, 0) is 25.1 Å². The Morgan fingerprint density at radius 2 is 2.08 bits per heavy atom. The van der Waals surface area contributed by atoms with E-state index in [1.165, 1.54) is 29.2 Å². The molecule has 1 aromatic carbocycles. The summed E-state index contributed by atoms with van der Waals surface area (Å²) in [7, 11) is 0. The molecule has 7 heteroatoms. The molecule has 0 amide bonds. The van der Waals surface area contributed by atoms with Gasteiger partial charge in [0.25, 0.3) is 0 Å². The summed E-state index contributed by atoms with van der Waals surface area (Å²) in [6.07, 6.45) is 1.25. The van der Waals surface area contributed by atoms with E-state index in [0.29, 0.717) is 15.6 Å². The summed E-state index contributed by atoms with van der Waals surface area (Å²) in [6, 6.07) is 12.5. The van der Waals surface area contributed by atoms with Gasteiger partial charge in [0.05, 0.1) is 5.69 Å². The zero-order chi connectivity index (χ0) is 16.9. The second-order valence-corrected chi connectivity index (χ2v) is 5.98. The van der Waals surface area contributed by atoms with Crippen LogP contribution in [0.3, 0.4) is 0 Å². The maximum absolute atomic E-state index is 11.9. The van der Waals surface area contributed by atoms with E-state index in [1.54, 1.807) is 17.5 Å². The van der Waals surface area contributed by atoms with E-state index in [1.807, 2.05) is 31.2 Å². The highest BCUT2D eigenvalue weighted by Gasteiger charge is 2.17. The second kappa shape index (κ2) is 7.10. The molecule has 0 saturated carbocycles. The molecule has 1 N–H and O–H groups in total. The van der Waals surface area contributed by atoms with Crippen molar-refractivity contribution in [3.63, 3.8) is 0 Å². The number of hydrogen-bond acceptors (Lipinski definition) is 6. The molecule has 0 aliphatic rings. The number of carbonyl (C=O) groups is 1. The van der Waals surface area contributed by atoms with E-state index in [0.717, 1.165) is 5.69 Å². The fourth-order valence-electron chi connectivity index (χ4n) is 1.99. The van der Waals surface area contributed by atoms with Crippen molar-refractivity contribution in [3.8, 4) is 0 Å². The van der Waals surface area contributed by atoms with Crippen LogP contribution >= 0.6 is 11.3 Å². The first-order valence-corrected chi connectivity index (χ1v) is 8.13. The van der Waals surface area contributed by atoms with Crippen LogP contribution in [-0.4, -0.2) is 11.0 Å². The first kappa shape index (κ1) is 15.9. The van der Waals surface area contributed by atoms with Crippen molar-refractivity contribution in [3.05, 3.63) is 76.2 Å². The predicted molar refractivity (Wildman–Crippen MR) is 91.1 cm³/mol. The van der Waals surface area contributed by atoms with Gasteiger partial charge in [0.15, 0.2) is 11.3 Å². The van der Waals surface area contributed by atoms with Gasteiger partial charge in [0.1, 0.15) is 6.61 Å². The summed E-state index contributed by atoms with van der Waals surface area (Å²) >= 11 is 1.42. The SMILES string of the molecule is Cc1ccc(Nc2nc(COC(=O)c3cccc[n+]3[O-])cs2)cc1. The Morgan fingerprint density at radius 3 is 2.83 bits per heavy atom. The van der Waals surface area contributed by atoms with E-state index in [2.05, 4.69) is 10.3 Å². The lowest BCUT2D eigenvalue weighted by Gasteiger charge is -2.04. The van der Waals surface area contributed by atoms with Gasteiger partial charge in [-0.2, -0.15) is 4.73 Å². The van der Waals surface area contributed by atoms with Crippen LogP contribution in [0.15, 0.2) is 54.0 Å². The number of rotatable bonds is 5. The number of benzene rings is 1. The number of carbonyl (C=O) groups excluding carboxylic acids is 1. The molecule has 0 atom stereocenters. The van der Waals surface area contributed by atoms with Crippen LogP contribution in [0, 0.1) is 12.1 Å². The molecule has 0 unspecified atom stereocenters. The van der Waals surface area contributed by atoms with Crippen LogP contribution < -0.4 is 10.0 Å². The lowest BCUT2D eigenvalue weighted by atomic mass is 10.2. The molecule has 0 aliphatic heterocycles. The maximum Gasteiger partial charge on any atom is 0.405 e. The molecule has 0 radical (unpaired) electrons. The van der Waals surface area contributed by atoms with Crippen LogP contribution in [0.25, 0.3) is 0 Å². The Balaban J connectivity index is 1.59. The first-order valence-electron chi connectivity index (χ1n) is 7.25. The Labute approximate surface area is 143 Å². The fraction of sp³-hybridized carbons (Fsp3) is 0.118. The van der Waals surface area contributed by atoms with Crippen molar-refractivity contribution in [2.24, 2.45) is 0 Å². The zero-order valence-electron chi connectivity index (χ0n) is 12.9. The highest BCUT2D eigenvalue weighted by atomic mass is 32.1. The Hall–Kier alpha value is -2.93. The predicted octanol–water partition coefficient (Wildman–Crippen LogP) is 3.19. The largest absolute Gasteiger partial charge is 0.618 e. The van der Waals surface area contributed by atoms with Crippen molar-refractivity contribution < 1.29 is 14.3 Å². The lowest BCUT2D eigenvalue weighted by Crippen LogP contribution is -2.34. The van der Waals surface area contributed by atoms with Gasteiger partial charge in [-0.3, -0.25) is 0 Å². The summed E-state index contributed by atoms with van der Waals surface area (Å²) in [5, 5.41) is 17.2. The third-order valence-electron chi connectivity index (χ3n) is 3.24. The third kappa shape index (κ3) is 3.88. The van der Waals surface area contributed by atoms with Crippen molar-refractivity contribution >= 4 is 28.1 Å². The first-order chi connectivity index (χ1) is 11.6. The maximum atomic E-state index is 11.9. The Kier molecular flexibility index (Phi) is 4.72. The minimum Gasteiger partial charge on any atom is -0.618 e. The molecule has 6 nitrogen and oxygen atoms in total. The van der Waals surface area contributed by atoms with E-state index in [9.17, 15) is 10.0 Å². The van der Waals surface area contributed by atoms with Gasteiger partial charge in [-0.1, -0.05) is 17.7 Å². The molecule has 3 aromatic rings. The van der Waals surface area contributed by atoms with Gasteiger partial charge in [0, 0.05) is 23.2 Å². The number of esters is 1. The summed E-state index contributed by atoms with van der Waals surface area (Å²) in [4.78, 5) is 16.2. The number of nitrogens with zero attached hydrogens (tertiary/aromatic N) is 2. The van der Waals surface area contributed by atoms with Gasteiger partial charge < -0.3 is 15.3 Å². The molecule has 0 aliphatic carbocycles. The van der Waals surface area contributed by atoms with E-state index in [-0.39, 0.29) is 12.3 Å². The number of pyridine rings is 1. The summed E-state index contributed by atoms with van der Waals surface area (Å²) < 4.78 is 5.61. The molecule has 24 heavy (non-hydrogen) atoms. The summed E-state index contributed by atoms with van der Waals surface area (Å²) in [5.74, 6) is -0.674. The van der Waals surface area contributed by atoms with E-state index < -0.39 is 5.97 Å². The van der Waals surface area contributed by atoms with Crippen LogP contribution in [0.1, 0.15) is 21.7 Å². The molecular formula is C17H15N3O3S. The average Bonchev–Trinajstić information content (AvgIpc) is 3.03.